The SMILES string of the molecule is CC(C)CCCCCCCCc1ccccc1O. The zero-order valence-electron chi connectivity index (χ0n) is 12.0. The molecule has 18 heavy (non-hydrogen) atoms. The van der Waals surface area contributed by atoms with Crippen LogP contribution >= 0.6 is 0 Å². The summed E-state index contributed by atoms with van der Waals surface area (Å²) in [5.41, 5.74) is 1.09. The number of unbranched alkanes of at least 4 members (excludes halogenated alkanes) is 5. The minimum Gasteiger partial charge on any atom is -0.508 e. The van der Waals surface area contributed by atoms with Crippen LogP contribution < -0.4 is 0 Å². The summed E-state index contributed by atoms with van der Waals surface area (Å²) in [5, 5.41) is 9.64. The second-order valence-electron chi connectivity index (χ2n) is 5.68. The van der Waals surface area contributed by atoms with Crippen LogP contribution in [0.3, 0.4) is 0 Å². The Morgan fingerprint density at radius 3 is 2.17 bits per heavy atom. The molecule has 0 fully saturated rings. The van der Waals surface area contributed by atoms with Crippen LogP contribution in [0.15, 0.2) is 24.3 Å². The molecule has 1 aromatic carbocycles. The Morgan fingerprint density at radius 1 is 0.889 bits per heavy atom. The molecule has 1 heteroatoms. The van der Waals surface area contributed by atoms with Gasteiger partial charge in [0.15, 0.2) is 0 Å². The van der Waals surface area contributed by atoms with Crippen molar-refractivity contribution in [1.29, 1.82) is 0 Å². The van der Waals surface area contributed by atoms with Crippen LogP contribution in [-0.2, 0) is 6.42 Å². The number of aryl methyl sites for hydroxylation is 1. The van der Waals surface area contributed by atoms with Crippen molar-refractivity contribution in [1.82, 2.24) is 0 Å². The Labute approximate surface area is 112 Å². The second-order valence-corrected chi connectivity index (χ2v) is 5.68. The van der Waals surface area contributed by atoms with E-state index in [1.165, 1.54) is 44.9 Å². The molecule has 1 aromatic rings. The summed E-state index contributed by atoms with van der Waals surface area (Å²) in [5.74, 6) is 1.31. The largest absolute Gasteiger partial charge is 0.508 e. The normalized spacial score (nSPS) is 11.1. The van der Waals surface area contributed by atoms with Crippen molar-refractivity contribution in [2.45, 2.75) is 65.2 Å². The van der Waals surface area contributed by atoms with Crippen molar-refractivity contribution in [3.8, 4) is 5.75 Å². The van der Waals surface area contributed by atoms with Crippen molar-refractivity contribution in [3.63, 3.8) is 0 Å². The fourth-order valence-corrected chi connectivity index (χ4v) is 2.30. The predicted octanol–water partition coefficient (Wildman–Crippen LogP) is 5.32. The van der Waals surface area contributed by atoms with Gasteiger partial charge in [0.25, 0.3) is 0 Å². The maximum Gasteiger partial charge on any atom is 0.118 e. The fourth-order valence-electron chi connectivity index (χ4n) is 2.30. The third-order valence-corrected chi connectivity index (χ3v) is 3.47. The highest BCUT2D eigenvalue weighted by atomic mass is 16.3. The molecule has 0 bridgehead atoms. The van der Waals surface area contributed by atoms with E-state index >= 15 is 0 Å². The van der Waals surface area contributed by atoms with Crippen LogP contribution in [0.2, 0.25) is 0 Å². The number of benzene rings is 1. The Morgan fingerprint density at radius 2 is 1.50 bits per heavy atom. The number of para-hydroxylation sites is 1. The molecule has 0 radical (unpaired) electrons. The van der Waals surface area contributed by atoms with Gasteiger partial charge in [-0.05, 0) is 30.4 Å². The number of hydrogen-bond acceptors (Lipinski definition) is 1. The zero-order chi connectivity index (χ0) is 13.2. The van der Waals surface area contributed by atoms with Gasteiger partial charge in [-0.2, -0.15) is 0 Å². The van der Waals surface area contributed by atoms with Crippen LogP contribution in [0.25, 0.3) is 0 Å². The number of aromatic hydroxyl groups is 1. The molecule has 1 nitrogen and oxygen atoms in total. The van der Waals surface area contributed by atoms with E-state index in [-0.39, 0.29) is 0 Å². The lowest BCUT2D eigenvalue weighted by molar-refractivity contribution is 0.465. The smallest absolute Gasteiger partial charge is 0.118 e. The highest BCUT2D eigenvalue weighted by Crippen LogP contribution is 2.19. The van der Waals surface area contributed by atoms with E-state index in [2.05, 4.69) is 13.8 Å². The van der Waals surface area contributed by atoms with Crippen LogP contribution in [-0.4, -0.2) is 5.11 Å². The third kappa shape index (κ3) is 6.68. The first kappa shape index (κ1) is 15.1. The van der Waals surface area contributed by atoms with Gasteiger partial charge in [-0.1, -0.05) is 70.6 Å². The number of phenols is 1. The minimum absolute atomic E-state index is 0.453. The molecular formula is C17H28O. The molecule has 0 aromatic heterocycles. The van der Waals surface area contributed by atoms with Crippen molar-refractivity contribution in [3.05, 3.63) is 29.8 Å². The van der Waals surface area contributed by atoms with Crippen molar-refractivity contribution < 1.29 is 5.11 Å². The number of rotatable bonds is 9. The summed E-state index contributed by atoms with van der Waals surface area (Å²) in [4.78, 5) is 0. The molecule has 0 saturated heterocycles. The molecule has 0 aliphatic heterocycles. The standard InChI is InChI=1S/C17H28O/c1-15(2)11-7-5-3-4-6-8-12-16-13-9-10-14-17(16)18/h9-10,13-15,18H,3-8,11-12H2,1-2H3. The van der Waals surface area contributed by atoms with E-state index in [1.54, 1.807) is 6.07 Å². The van der Waals surface area contributed by atoms with Crippen molar-refractivity contribution >= 4 is 0 Å². The molecular weight excluding hydrogens is 220 g/mol. The molecule has 1 N–H and O–H groups in total. The summed E-state index contributed by atoms with van der Waals surface area (Å²) < 4.78 is 0. The summed E-state index contributed by atoms with van der Waals surface area (Å²) in [6.07, 6.45) is 10.3. The molecule has 0 aliphatic rings. The van der Waals surface area contributed by atoms with Crippen LogP contribution in [0.4, 0.5) is 0 Å². The third-order valence-electron chi connectivity index (χ3n) is 3.47. The molecule has 102 valence electrons. The first-order valence-corrected chi connectivity index (χ1v) is 7.47. The maximum absolute atomic E-state index is 9.64. The van der Waals surface area contributed by atoms with Gasteiger partial charge < -0.3 is 5.11 Å². The van der Waals surface area contributed by atoms with E-state index < -0.39 is 0 Å². The van der Waals surface area contributed by atoms with Crippen molar-refractivity contribution in [2.75, 3.05) is 0 Å². The van der Waals surface area contributed by atoms with E-state index in [9.17, 15) is 5.11 Å². The highest BCUT2D eigenvalue weighted by Gasteiger charge is 1.99. The quantitative estimate of drug-likeness (QED) is 0.586. The van der Waals surface area contributed by atoms with Gasteiger partial charge in [-0.3, -0.25) is 0 Å². The van der Waals surface area contributed by atoms with Crippen molar-refractivity contribution in [2.24, 2.45) is 5.92 Å². The van der Waals surface area contributed by atoms with Gasteiger partial charge in [0.2, 0.25) is 0 Å². The van der Waals surface area contributed by atoms with Gasteiger partial charge in [-0.15, -0.1) is 0 Å². The molecule has 0 saturated carbocycles. The van der Waals surface area contributed by atoms with Crippen LogP contribution in [0.5, 0.6) is 5.75 Å². The minimum atomic E-state index is 0.453. The number of phenolic OH excluding ortho intramolecular Hbond substituents is 1. The van der Waals surface area contributed by atoms with E-state index in [1.807, 2.05) is 18.2 Å². The molecule has 0 atom stereocenters. The number of hydrogen-bond donors (Lipinski definition) is 1. The first-order valence-electron chi connectivity index (χ1n) is 7.47. The van der Waals surface area contributed by atoms with Gasteiger partial charge >= 0.3 is 0 Å². The summed E-state index contributed by atoms with van der Waals surface area (Å²) in [6.45, 7) is 4.60. The van der Waals surface area contributed by atoms with E-state index in [4.69, 9.17) is 0 Å². The Hall–Kier alpha value is -0.980. The monoisotopic (exact) mass is 248 g/mol. The lowest BCUT2D eigenvalue weighted by Gasteiger charge is -2.05. The van der Waals surface area contributed by atoms with Gasteiger partial charge in [0.1, 0.15) is 5.75 Å². The Balaban J connectivity index is 1.98. The average molecular weight is 248 g/mol. The highest BCUT2D eigenvalue weighted by molar-refractivity contribution is 5.31. The molecule has 0 amide bonds. The van der Waals surface area contributed by atoms with E-state index in [0.29, 0.717) is 5.75 Å². The summed E-state index contributed by atoms with van der Waals surface area (Å²) in [7, 11) is 0. The molecule has 1 rings (SSSR count). The average Bonchev–Trinajstić information content (AvgIpc) is 2.34. The topological polar surface area (TPSA) is 20.2 Å². The molecule has 0 aliphatic carbocycles. The van der Waals surface area contributed by atoms with Gasteiger partial charge in [-0.25, -0.2) is 0 Å². The fraction of sp³-hybridized carbons (Fsp3) is 0.647. The summed E-state index contributed by atoms with van der Waals surface area (Å²) in [6, 6.07) is 7.69. The van der Waals surface area contributed by atoms with Gasteiger partial charge in [0, 0.05) is 0 Å². The summed E-state index contributed by atoms with van der Waals surface area (Å²) >= 11 is 0. The molecule has 0 heterocycles. The van der Waals surface area contributed by atoms with Gasteiger partial charge in [0.05, 0.1) is 0 Å². The van der Waals surface area contributed by atoms with E-state index in [0.717, 1.165) is 17.9 Å². The van der Waals surface area contributed by atoms with Crippen LogP contribution in [0, 0.1) is 5.92 Å². The lowest BCUT2D eigenvalue weighted by atomic mass is 10.0. The zero-order valence-corrected chi connectivity index (χ0v) is 12.0. The lowest BCUT2D eigenvalue weighted by Crippen LogP contribution is -1.89. The molecule has 0 spiro atoms. The van der Waals surface area contributed by atoms with Crippen LogP contribution in [0.1, 0.15) is 64.4 Å². The Kier molecular flexibility index (Phi) is 7.55. The second kappa shape index (κ2) is 9.02. The molecule has 0 unspecified atom stereocenters. The predicted molar refractivity (Wildman–Crippen MR) is 79.0 cm³/mol. The first-order chi connectivity index (χ1) is 8.70. The maximum atomic E-state index is 9.64. The Bertz CT molecular complexity index is 317.